The molecule has 1 saturated heterocycles. The Labute approximate surface area is 101 Å². The number of aromatic nitrogens is 1. The van der Waals surface area contributed by atoms with E-state index in [0.29, 0.717) is 6.04 Å². The van der Waals surface area contributed by atoms with Crippen LogP contribution in [0.2, 0.25) is 0 Å². The number of pyridine rings is 1. The quantitative estimate of drug-likeness (QED) is 0.826. The molecule has 2 heterocycles. The number of nitrogens with zero attached hydrogens (tertiary/aromatic N) is 1. The predicted octanol–water partition coefficient (Wildman–Crippen LogP) is 2.32. The van der Waals surface area contributed by atoms with Crippen LogP contribution >= 0.6 is 0 Å². The average Bonchev–Trinajstić information content (AvgIpc) is 2.86. The lowest BCUT2D eigenvalue weighted by Crippen LogP contribution is -2.22. The van der Waals surface area contributed by atoms with Gasteiger partial charge in [0.15, 0.2) is 0 Å². The van der Waals surface area contributed by atoms with Crippen LogP contribution in [0.3, 0.4) is 0 Å². The van der Waals surface area contributed by atoms with Gasteiger partial charge in [-0.1, -0.05) is 6.07 Å². The van der Waals surface area contributed by atoms with Gasteiger partial charge in [0.05, 0.1) is 5.52 Å². The zero-order valence-corrected chi connectivity index (χ0v) is 10.0. The highest BCUT2D eigenvalue weighted by Crippen LogP contribution is 2.25. The number of hydrogen-bond donors (Lipinski definition) is 2. The van der Waals surface area contributed by atoms with Crippen molar-refractivity contribution in [2.24, 2.45) is 0 Å². The van der Waals surface area contributed by atoms with E-state index in [4.69, 9.17) is 0 Å². The summed E-state index contributed by atoms with van der Waals surface area (Å²) in [5, 5.41) is 8.20. The lowest BCUT2D eigenvalue weighted by atomic mass is 10.1. The van der Waals surface area contributed by atoms with Gasteiger partial charge in [0.1, 0.15) is 0 Å². The van der Waals surface area contributed by atoms with Crippen LogP contribution in [0, 0.1) is 6.92 Å². The van der Waals surface area contributed by atoms with E-state index in [1.54, 1.807) is 0 Å². The fourth-order valence-electron chi connectivity index (χ4n) is 2.44. The highest BCUT2D eigenvalue weighted by Gasteiger charge is 2.15. The van der Waals surface area contributed by atoms with Crippen molar-refractivity contribution in [3.63, 3.8) is 0 Å². The van der Waals surface area contributed by atoms with Crippen LogP contribution in [0.25, 0.3) is 10.9 Å². The van der Waals surface area contributed by atoms with Crippen molar-refractivity contribution in [3.05, 3.63) is 36.0 Å². The van der Waals surface area contributed by atoms with E-state index < -0.39 is 0 Å². The SMILES string of the molecule is Cc1ccc(NC2CCNC2)c2cccnc12. The molecule has 1 atom stereocenters. The summed E-state index contributed by atoms with van der Waals surface area (Å²) in [6, 6.07) is 8.98. The van der Waals surface area contributed by atoms with Crippen molar-refractivity contribution in [1.29, 1.82) is 0 Å². The second-order valence-electron chi connectivity index (χ2n) is 4.66. The van der Waals surface area contributed by atoms with Crippen molar-refractivity contribution >= 4 is 16.6 Å². The highest BCUT2D eigenvalue weighted by molar-refractivity contribution is 5.93. The molecule has 3 rings (SSSR count). The van der Waals surface area contributed by atoms with E-state index in [-0.39, 0.29) is 0 Å². The molecule has 0 aliphatic carbocycles. The first-order valence-electron chi connectivity index (χ1n) is 6.16. The third-order valence-electron chi connectivity index (χ3n) is 3.39. The fourth-order valence-corrected chi connectivity index (χ4v) is 2.44. The third-order valence-corrected chi connectivity index (χ3v) is 3.39. The first-order valence-corrected chi connectivity index (χ1v) is 6.16. The Morgan fingerprint density at radius 1 is 1.35 bits per heavy atom. The zero-order chi connectivity index (χ0) is 11.7. The molecule has 1 aromatic carbocycles. The Morgan fingerprint density at radius 3 is 3.12 bits per heavy atom. The van der Waals surface area contributed by atoms with Crippen LogP contribution in [0.1, 0.15) is 12.0 Å². The molecule has 1 unspecified atom stereocenters. The van der Waals surface area contributed by atoms with Gasteiger partial charge in [-0.25, -0.2) is 0 Å². The Balaban J connectivity index is 2.01. The highest BCUT2D eigenvalue weighted by atomic mass is 15.0. The molecule has 1 aliphatic rings. The van der Waals surface area contributed by atoms with Gasteiger partial charge in [-0.15, -0.1) is 0 Å². The van der Waals surface area contributed by atoms with Crippen LogP contribution in [0.4, 0.5) is 5.69 Å². The number of hydrogen-bond acceptors (Lipinski definition) is 3. The topological polar surface area (TPSA) is 37.0 Å². The van der Waals surface area contributed by atoms with Gasteiger partial charge in [-0.2, -0.15) is 0 Å². The van der Waals surface area contributed by atoms with Crippen LogP contribution in [0.5, 0.6) is 0 Å². The maximum absolute atomic E-state index is 4.46. The van der Waals surface area contributed by atoms with Gasteiger partial charge in [0, 0.05) is 29.9 Å². The summed E-state index contributed by atoms with van der Waals surface area (Å²) in [5.74, 6) is 0. The molecule has 0 amide bonds. The Kier molecular flexibility index (Phi) is 2.69. The normalized spacial score (nSPS) is 19.7. The number of rotatable bonds is 2. The van der Waals surface area contributed by atoms with E-state index in [9.17, 15) is 0 Å². The van der Waals surface area contributed by atoms with E-state index in [1.165, 1.54) is 23.1 Å². The first-order chi connectivity index (χ1) is 8.34. The molecule has 1 aromatic heterocycles. The van der Waals surface area contributed by atoms with Crippen molar-refractivity contribution in [3.8, 4) is 0 Å². The lowest BCUT2D eigenvalue weighted by molar-refractivity contribution is 0.794. The second kappa shape index (κ2) is 4.34. The third kappa shape index (κ3) is 1.98. The Morgan fingerprint density at radius 2 is 2.29 bits per heavy atom. The monoisotopic (exact) mass is 227 g/mol. The summed E-state index contributed by atoms with van der Waals surface area (Å²) >= 11 is 0. The molecule has 3 nitrogen and oxygen atoms in total. The van der Waals surface area contributed by atoms with E-state index >= 15 is 0 Å². The number of nitrogens with one attached hydrogen (secondary N) is 2. The zero-order valence-electron chi connectivity index (χ0n) is 10.0. The largest absolute Gasteiger partial charge is 0.380 e. The molecule has 1 fully saturated rings. The first kappa shape index (κ1) is 10.5. The standard InChI is InChI=1S/C14H17N3/c1-10-4-5-13(17-11-6-8-15-9-11)12-3-2-7-16-14(10)12/h2-5,7,11,15,17H,6,8-9H2,1H3. The van der Waals surface area contributed by atoms with Crippen molar-refractivity contribution in [2.45, 2.75) is 19.4 Å². The summed E-state index contributed by atoms with van der Waals surface area (Å²) in [7, 11) is 0. The molecule has 0 radical (unpaired) electrons. The van der Waals surface area contributed by atoms with Gasteiger partial charge < -0.3 is 10.6 Å². The molecular formula is C14H17N3. The van der Waals surface area contributed by atoms with E-state index in [2.05, 4.69) is 40.7 Å². The van der Waals surface area contributed by atoms with E-state index in [1.807, 2.05) is 12.3 Å². The predicted molar refractivity (Wildman–Crippen MR) is 71.4 cm³/mol. The maximum atomic E-state index is 4.46. The summed E-state index contributed by atoms with van der Waals surface area (Å²) in [6.45, 7) is 4.27. The van der Waals surface area contributed by atoms with Crippen LogP contribution in [0.15, 0.2) is 30.5 Å². The van der Waals surface area contributed by atoms with Crippen LogP contribution in [-0.4, -0.2) is 24.1 Å². The molecule has 1 aliphatic heterocycles. The summed E-state index contributed by atoms with van der Waals surface area (Å²) in [6.07, 6.45) is 3.05. The molecule has 17 heavy (non-hydrogen) atoms. The van der Waals surface area contributed by atoms with Gasteiger partial charge in [-0.3, -0.25) is 4.98 Å². The van der Waals surface area contributed by atoms with Crippen LogP contribution < -0.4 is 10.6 Å². The van der Waals surface area contributed by atoms with Crippen LogP contribution in [-0.2, 0) is 0 Å². The smallest absolute Gasteiger partial charge is 0.0751 e. The minimum Gasteiger partial charge on any atom is -0.380 e. The number of fused-ring (bicyclic) bond motifs is 1. The molecule has 3 heteroatoms. The molecule has 88 valence electrons. The van der Waals surface area contributed by atoms with Crippen molar-refractivity contribution < 1.29 is 0 Å². The fraction of sp³-hybridized carbons (Fsp3) is 0.357. The lowest BCUT2D eigenvalue weighted by Gasteiger charge is -2.15. The molecule has 0 saturated carbocycles. The van der Waals surface area contributed by atoms with Gasteiger partial charge in [0.25, 0.3) is 0 Å². The molecule has 0 bridgehead atoms. The average molecular weight is 227 g/mol. The number of benzene rings is 1. The Bertz CT molecular complexity index is 530. The number of anilines is 1. The molecular weight excluding hydrogens is 210 g/mol. The van der Waals surface area contributed by atoms with Gasteiger partial charge >= 0.3 is 0 Å². The summed E-state index contributed by atoms with van der Waals surface area (Å²) in [5.41, 5.74) is 3.53. The van der Waals surface area contributed by atoms with Crippen molar-refractivity contribution in [1.82, 2.24) is 10.3 Å². The second-order valence-corrected chi connectivity index (χ2v) is 4.66. The summed E-state index contributed by atoms with van der Waals surface area (Å²) < 4.78 is 0. The van der Waals surface area contributed by atoms with Crippen molar-refractivity contribution in [2.75, 3.05) is 18.4 Å². The molecule has 2 aromatic rings. The van der Waals surface area contributed by atoms with E-state index in [0.717, 1.165) is 18.6 Å². The molecule has 2 N–H and O–H groups in total. The maximum Gasteiger partial charge on any atom is 0.0751 e. The minimum atomic E-state index is 0.543. The van der Waals surface area contributed by atoms with Gasteiger partial charge in [0.2, 0.25) is 0 Å². The number of aryl methyl sites for hydroxylation is 1. The minimum absolute atomic E-state index is 0.543. The Hall–Kier alpha value is -1.61. The molecule has 0 spiro atoms. The van der Waals surface area contributed by atoms with Gasteiger partial charge in [-0.05, 0) is 43.7 Å². The summed E-state index contributed by atoms with van der Waals surface area (Å²) in [4.78, 5) is 4.46.